The first kappa shape index (κ1) is 10.5. The van der Waals surface area contributed by atoms with Gasteiger partial charge in [0, 0.05) is 6.61 Å². The minimum Gasteiger partial charge on any atom is -0.376 e. The van der Waals surface area contributed by atoms with Gasteiger partial charge in [-0.3, -0.25) is 4.52 Å². The average molecular weight is 212 g/mol. The Bertz CT molecular complexity index is 192. The van der Waals surface area contributed by atoms with Gasteiger partial charge >= 0.3 is 6.80 Å². The second-order valence-electron chi connectivity index (χ2n) is 2.96. The molecule has 0 spiro atoms. The molecule has 1 saturated heterocycles. The smallest absolute Gasteiger partial charge is 0.376 e. The van der Waals surface area contributed by atoms with Crippen LogP contribution in [0.2, 0.25) is 0 Å². The lowest BCUT2D eigenvalue weighted by molar-refractivity contribution is 0.0498. The van der Waals surface area contributed by atoms with Crippen LogP contribution in [0.3, 0.4) is 0 Å². The van der Waals surface area contributed by atoms with Crippen molar-refractivity contribution >= 4 is 19.0 Å². The highest BCUT2D eigenvalue weighted by Gasteiger charge is 2.26. The van der Waals surface area contributed by atoms with E-state index in [0.29, 0.717) is 12.5 Å². The summed E-state index contributed by atoms with van der Waals surface area (Å²) >= 11 is 3.39. The molecule has 4 nitrogen and oxygen atoms in total. The molecular weight excluding hydrogens is 199 g/mol. The highest BCUT2D eigenvalue weighted by molar-refractivity contribution is 8.44. The van der Waals surface area contributed by atoms with Crippen LogP contribution in [0.15, 0.2) is 0 Å². The number of hydrogen-bond acceptors (Lipinski definition) is 3. The summed E-state index contributed by atoms with van der Waals surface area (Å²) in [6.45, 7) is -0.744. The van der Waals surface area contributed by atoms with E-state index in [0.717, 1.165) is 6.42 Å². The molecule has 0 radical (unpaired) electrons. The zero-order chi connectivity index (χ0) is 9.19. The molecule has 12 heavy (non-hydrogen) atoms. The minimum atomic E-state index is -3.63. The van der Waals surface area contributed by atoms with Crippen molar-refractivity contribution in [2.75, 3.05) is 13.2 Å². The Morgan fingerprint density at radius 3 is 2.92 bits per heavy atom. The molecule has 1 fully saturated rings. The monoisotopic (exact) mass is 212 g/mol. The van der Waals surface area contributed by atoms with E-state index < -0.39 is 6.80 Å². The first-order chi connectivity index (χ1) is 5.49. The van der Waals surface area contributed by atoms with Gasteiger partial charge in [-0.25, -0.2) is 4.57 Å². The van der Waals surface area contributed by atoms with Crippen molar-refractivity contribution in [1.82, 2.24) is 0 Å². The highest BCUT2D eigenvalue weighted by Crippen LogP contribution is 2.47. The van der Waals surface area contributed by atoms with Crippen LogP contribution in [0.5, 0.6) is 0 Å². The molecule has 72 valence electrons. The summed E-state index contributed by atoms with van der Waals surface area (Å²) in [5.74, 6) is 0.393. The van der Waals surface area contributed by atoms with Crippen molar-refractivity contribution in [2.45, 2.75) is 19.4 Å². The third-order valence-electron chi connectivity index (χ3n) is 1.95. The van der Waals surface area contributed by atoms with Gasteiger partial charge in [-0.2, -0.15) is 0 Å². The second-order valence-corrected chi connectivity index (χ2v) is 5.72. The Kier molecular flexibility index (Phi) is 3.61. The Labute approximate surface area is 76.9 Å². The van der Waals surface area contributed by atoms with Crippen LogP contribution in [-0.2, 0) is 13.8 Å². The molecule has 1 heterocycles. The van der Waals surface area contributed by atoms with E-state index in [2.05, 4.69) is 16.8 Å². The lowest BCUT2D eigenvalue weighted by atomic mass is 10.1. The SMILES string of the molecule is CC1CCOC1COP(=O)(O)S. The third kappa shape index (κ3) is 3.46. The van der Waals surface area contributed by atoms with E-state index in [4.69, 9.17) is 9.63 Å². The predicted molar refractivity (Wildman–Crippen MR) is 48.3 cm³/mol. The lowest BCUT2D eigenvalue weighted by Crippen LogP contribution is -2.19. The number of thiol groups is 1. The van der Waals surface area contributed by atoms with E-state index in [1.165, 1.54) is 0 Å². The molecule has 0 aromatic carbocycles. The van der Waals surface area contributed by atoms with Gasteiger partial charge in [0.05, 0.1) is 12.7 Å². The molecule has 0 bridgehead atoms. The minimum absolute atomic E-state index is 0.0578. The number of rotatable bonds is 3. The summed E-state index contributed by atoms with van der Waals surface area (Å²) in [4.78, 5) is 8.71. The standard InChI is InChI=1S/C6H13O4PS/c1-5-2-3-9-6(5)4-10-11(7,8)12/h5-6H,2-4H2,1H3,(H2,7,8,12). The molecule has 0 aromatic heterocycles. The second kappa shape index (κ2) is 4.11. The zero-order valence-electron chi connectivity index (χ0n) is 6.84. The predicted octanol–water partition coefficient (Wildman–Crippen LogP) is 1.46. The molecule has 0 aliphatic carbocycles. The fourth-order valence-electron chi connectivity index (χ4n) is 1.14. The normalized spacial score (nSPS) is 34.9. The molecule has 1 aliphatic heterocycles. The molecule has 0 saturated carbocycles. The Balaban J connectivity index is 2.27. The van der Waals surface area contributed by atoms with Gasteiger partial charge in [0.15, 0.2) is 0 Å². The number of hydrogen-bond donors (Lipinski definition) is 2. The van der Waals surface area contributed by atoms with Crippen molar-refractivity contribution in [1.29, 1.82) is 0 Å². The molecule has 1 N–H and O–H groups in total. The third-order valence-corrected chi connectivity index (χ3v) is 2.78. The first-order valence-electron chi connectivity index (χ1n) is 3.81. The fourth-order valence-corrected chi connectivity index (χ4v) is 1.68. The molecule has 3 atom stereocenters. The molecule has 3 unspecified atom stereocenters. The fraction of sp³-hybridized carbons (Fsp3) is 1.00. The topological polar surface area (TPSA) is 55.8 Å². The largest absolute Gasteiger partial charge is 0.383 e. The molecule has 6 heteroatoms. The summed E-state index contributed by atoms with van der Waals surface area (Å²) in [5.41, 5.74) is 0. The summed E-state index contributed by atoms with van der Waals surface area (Å²) in [6, 6.07) is 0. The van der Waals surface area contributed by atoms with Crippen molar-refractivity contribution < 1.29 is 18.7 Å². The Hall–Kier alpha value is 0.460. The number of ether oxygens (including phenoxy) is 1. The van der Waals surface area contributed by atoms with Crippen LogP contribution < -0.4 is 0 Å². The average Bonchev–Trinajstić information content (AvgIpc) is 2.29. The van der Waals surface area contributed by atoms with Crippen molar-refractivity contribution in [3.05, 3.63) is 0 Å². The van der Waals surface area contributed by atoms with Gasteiger partial charge in [-0.15, -0.1) is 0 Å². The maximum absolute atomic E-state index is 10.6. The Morgan fingerprint density at radius 2 is 2.50 bits per heavy atom. The summed E-state index contributed by atoms with van der Waals surface area (Å²) in [7, 11) is 0. The van der Waals surface area contributed by atoms with Crippen LogP contribution >= 0.6 is 19.0 Å². The molecule has 0 amide bonds. The molecular formula is C6H13O4PS. The van der Waals surface area contributed by atoms with Gasteiger partial charge in [0.25, 0.3) is 0 Å². The lowest BCUT2D eigenvalue weighted by Gasteiger charge is -2.14. The van der Waals surface area contributed by atoms with Crippen LogP contribution in [0, 0.1) is 5.92 Å². The highest BCUT2D eigenvalue weighted by atomic mass is 32.7. The van der Waals surface area contributed by atoms with Crippen LogP contribution in [-0.4, -0.2) is 24.2 Å². The van der Waals surface area contributed by atoms with Crippen molar-refractivity contribution in [3.63, 3.8) is 0 Å². The van der Waals surface area contributed by atoms with E-state index in [9.17, 15) is 4.57 Å². The molecule has 1 aliphatic rings. The van der Waals surface area contributed by atoms with Gasteiger partial charge in [0.2, 0.25) is 0 Å². The van der Waals surface area contributed by atoms with Gasteiger partial charge in [0.1, 0.15) is 0 Å². The molecule has 0 aromatic rings. The quantitative estimate of drug-likeness (QED) is 0.549. The summed E-state index contributed by atoms with van der Waals surface area (Å²) < 4.78 is 20.5. The van der Waals surface area contributed by atoms with Crippen LogP contribution in [0.25, 0.3) is 0 Å². The first-order valence-corrected chi connectivity index (χ1v) is 6.54. The van der Waals surface area contributed by atoms with Crippen LogP contribution in [0.1, 0.15) is 13.3 Å². The summed E-state index contributed by atoms with van der Waals surface area (Å²) in [5, 5.41) is 0. The maximum atomic E-state index is 10.6. The van der Waals surface area contributed by atoms with Crippen molar-refractivity contribution in [3.8, 4) is 0 Å². The van der Waals surface area contributed by atoms with Gasteiger partial charge in [-0.05, 0) is 12.3 Å². The van der Waals surface area contributed by atoms with Gasteiger partial charge in [-0.1, -0.05) is 19.2 Å². The van der Waals surface area contributed by atoms with E-state index >= 15 is 0 Å². The maximum Gasteiger partial charge on any atom is 0.383 e. The van der Waals surface area contributed by atoms with Crippen LogP contribution in [0.4, 0.5) is 0 Å². The van der Waals surface area contributed by atoms with E-state index in [1.807, 2.05) is 6.92 Å². The Morgan fingerprint density at radius 1 is 1.83 bits per heavy atom. The van der Waals surface area contributed by atoms with Gasteiger partial charge < -0.3 is 9.63 Å². The van der Waals surface area contributed by atoms with Crippen molar-refractivity contribution in [2.24, 2.45) is 5.92 Å². The summed E-state index contributed by atoms with van der Waals surface area (Å²) in [6.07, 6.45) is 0.925. The zero-order valence-corrected chi connectivity index (χ0v) is 8.63. The molecule has 1 rings (SSSR count). The van der Waals surface area contributed by atoms with E-state index in [-0.39, 0.29) is 12.7 Å². The van der Waals surface area contributed by atoms with E-state index in [1.54, 1.807) is 0 Å².